The molecule has 1 aliphatic heterocycles. The van der Waals surface area contributed by atoms with Crippen molar-refractivity contribution in [3.8, 4) is 0 Å². The number of non-ortho nitro benzene ring substituents is 1. The van der Waals surface area contributed by atoms with Gasteiger partial charge in [-0.05, 0) is 30.2 Å². The molecule has 0 bridgehead atoms. The van der Waals surface area contributed by atoms with Gasteiger partial charge in [0.05, 0.1) is 17.7 Å². The molecule has 3 aromatic rings. The predicted molar refractivity (Wildman–Crippen MR) is 137 cm³/mol. The second-order valence-corrected chi connectivity index (χ2v) is 8.71. The summed E-state index contributed by atoms with van der Waals surface area (Å²) in [7, 11) is 1.15. The Labute approximate surface area is 227 Å². The minimum absolute atomic E-state index is 0.0848. The molecule has 0 spiro atoms. The third-order valence-corrected chi connectivity index (χ3v) is 6.47. The Morgan fingerprint density at radius 1 is 1.02 bits per heavy atom. The van der Waals surface area contributed by atoms with Crippen molar-refractivity contribution in [3.63, 3.8) is 0 Å². The Hall–Kier alpha value is -4.97. The van der Waals surface area contributed by atoms with Crippen LogP contribution >= 0.6 is 0 Å². The van der Waals surface area contributed by atoms with E-state index in [4.69, 9.17) is 9.47 Å². The number of nitro groups is 1. The van der Waals surface area contributed by atoms with Crippen molar-refractivity contribution >= 4 is 29.5 Å². The maximum Gasteiger partial charge on any atom is 0.411 e. The third-order valence-electron chi connectivity index (χ3n) is 6.47. The zero-order valence-electron chi connectivity index (χ0n) is 21.4. The quantitative estimate of drug-likeness (QED) is 0.180. The lowest BCUT2D eigenvalue weighted by atomic mass is 9.90. The number of rotatable bonds is 7. The highest BCUT2D eigenvalue weighted by molar-refractivity contribution is 6.09. The molecule has 0 saturated carbocycles. The fraction of sp³-hybridized carbons (Fsp3) is 0.179. The van der Waals surface area contributed by atoms with Crippen LogP contribution in [0.2, 0.25) is 0 Å². The first-order chi connectivity index (χ1) is 19.1. The molecule has 0 fully saturated rings. The second-order valence-electron chi connectivity index (χ2n) is 8.71. The number of aliphatic imine (C=N–C) groups is 1. The van der Waals surface area contributed by atoms with Crippen LogP contribution < -0.4 is 9.59 Å². The van der Waals surface area contributed by atoms with E-state index in [1.807, 2.05) is 0 Å². The van der Waals surface area contributed by atoms with Gasteiger partial charge in [-0.25, -0.2) is 13.6 Å². The van der Waals surface area contributed by atoms with Crippen LogP contribution in [0.3, 0.4) is 0 Å². The van der Waals surface area contributed by atoms with E-state index in [2.05, 4.69) is 4.99 Å². The molecule has 0 saturated heterocycles. The molecular weight excluding hydrogens is 528 g/mol. The summed E-state index contributed by atoms with van der Waals surface area (Å²) in [5, 5.41) is 24.4. The van der Waals surface area contributed by atoms with E-state index in [1.165, 1.54) is 0 Å². The standard InChI is InChI=1S/C28H23F2N3O7/c1-3-23-24(26(34)40-16-17-7-5-4-6-8-17)25(18-9-14-21(29)22(30)15-18)33(28(35)36,27(31-23)39-2)20-12-10-19(11-13-20)32(37)38/h4-15,25H,3,16H2,1-2H3. The Balaban J connectivity index is 2.00. The van der Waals surface area contributed by atoms with Crippen LogP contribution in [0.4, 0.5) is 25.0 Å². The summed E-state index contributed by atoms with van der Waals surface area (Å²) in [6.07, 6.45) is -1.75. The molecule has 2 atom stereocenters. The van der Waals surface area contributed by atoms with Crippen LogP contribution in [0, 0.1) is 21.7 Å². The zero-order valence-corrected chi connectivity index (χ0v) is 21.4. The lowest BCUT2D eigenvalue weighted by molar-refractivity contribution is -0.384. The smallest absolute Gasteiger partial charge is 0.411 e. The number of amides is 1. The number of carboxylic acid groups (broad SMARTS) is 1. The Bertz CT molecular complexity index is 1520. The fourth-order valence-corrected chi connectivity index (χ4v) is 4.64. The van der Waals surface area contributed by atoms with E-state index in [9.17, 15) is 33.6 Å². The number of quaternary nitrogens is 1. The van der Waals surface area contributed by atoms with Crippen LogP contribution in [0.5, 0.6) is 0 Å². The van der Waals surface area contributed by atoms with Crippen LogP contribution in [0.25, 0.3) is 0 Å². The van der Waals surface area contributed by atoms with E-state index in [1.54, 1.807) is 37.3 Å². The summed E-state index contributed by atoms with van der Waals surface area (Å²) in [6.45, 7) is 1.48. The SMILES string of the molecule is CCC1=C(C(=O)OCc2ccccc2)C(c2ccc(F)c(F)c2)[N+](C(=O)[O-])(c2ccc([N+](=O)[O-])cc2)C(OC)=N1. The van der Waals surface area contributed by atoms with Gasteiger partial charge in [0, 0.05) is 29.8 Å². The predicted octanol–water partition coefficient (Wildman–Crippen LogP) is 4.69. The molecule has 40 heavy (non-hydrogen) atoms. The number of ether oxygens (including phenoxy) is 2. The molecular formula is C28H23F2N3O7. The van der Waals surface area contributed by atoms with Gasteiger partial charge in [0.1, 0.15) is 17.9 Å². The summed E-state index contributed by atoms with van der Waals surface area (Å²) < 4.78 is 38.1. The molecule has 1 aliphatic rings. The molecule has 0 N–H and O–H groups in total. The van der Waals surface area contributed by atoms with Crippen molar-refractivity contribution in [2.75, 3.05) is 7.11 Å². The largest absolute Gasteiger partial charge is 0.497 e. The van der Waals surface area contributed by atoms with Gasteiger partial charge in [-0.15, -0.1) is 0 Å². The molecule has 0 aliphatic carbocycles. The Morgan fingerprint density at radius 2 is 1.70 bits per heavy atom. The number of halogens is 2. The molecule has 10 nitrogen and oxygen atoms in total. The number of allylic oxidation sites excluding steroid dienone is 1. The summed E-state index contributed by atoms with van der Waals surface area (Å²) in [6, 6.07) is 13.6. The summed E-state index contributed by atoms with van der Waals surface area (Å²) in [4.78, 5) is 41.8. The number of hydrogen-bond acceptors (Lipinski definition) is 8. The number of carbonyl (C=O) groups excluding carboxylic acids is 2. The molecule has 2 unspecified atom stereocenters. The molecule has 3 aromatic carbocycles. The first kappa shape index (κ1) is 28.0. The second kappa shape index (κ2) is 11.4. The van der Waals surface area contributed by atoms with Gasteiger partial charge < -0.3 is 19.4 Å². The molecule has 206 valence electrons. The molecule has 12 heteroatoms. The first-order valence-corrected chi connectivity index (χ1v) is 12.0. The average Bonchev–Trinajstić information content (AvgIpc) is 2.96. The fourth-order valence-electron chi connectivity index (χ4n) is 4.64. The number of benzene rings is 3. The number of nitrogens with zero attached hydrogens (tertiary/aromatic N) is 3. The Kier molecular flexibility index (Phi) is 8.00. The van der Waals surface area contributed by atoms with E-state index in [-0.39, 0.29) is 41.2 Å². The van der Waals surface area contributed by atoms with Gasteiger partial charge in [0.2, 0.25) is 0 Å². The highest BCUT2D eigenvalue weighted by Crippen LogP contribution is 2.46. The van der Waals surface area contributed by atoms with E-state index >= 15 is 0 Å². The van der Waals surface area contributed by atoms with Crippen molar-refractivity contribution in [2.24, 2.45) is 4.99 Å². The van der Waals surface area contributed by atoms with E-state index in [0.29, 0.717) is 5.56 Å². The van der Waals surface area contributed by atoms with Crippen molar-refractivity contribution in [1.29, 1.82) is 0 Å². The van der Waals surface area contributed by atoms with Crippen LogP contribution in [-0.2, 0) is 20.9 Å². The van der Waals surface area contributed by atoms with Crippen molar-refractivity contribution in [3.05, 3.63) is 117 Å². The van der Waals surface area contributed by atoms with Gasteiger partial charge in [-0.3, -0.25) is 10.1 Å². The number of esters is 1. The van der Waals surface area contributed by atoms with Crippen molar-refractivity contribution in [1.82, 2.24) is 4.48 Å². The third kappa shape index (κ3) is 4.92. The van der Waals surface area contributed by atoms with Crippen LogP contribution in [0.1, 0.15) is 30.5 Å². The molecule has 0 aromatic heterocycles. The van der Waals surface area contributed by atoms with Gasteiger partial charge in [-0.2, -0.15) is 9.48 Å². The molecule has 1 heterocycles. The van der Waals surface area contributed by atoms with Crippen LogP contribution in [-0.4, -0.2) is 30.1 Å². The topological polar surface area (TPSA) is 131 Å². The molecule has 4 rings (SSSR count). The van der Waals surface area contributed by atoms with E-state index < -0.39 is 45.2 Å². The maximum absolute atomic E-state index is 14.6. The van der Waals surface area contributed by atoms with E-state index in [0.717, 1.165) is 49.6 Å². The highest BCUT2D eigenvalue weighted by Gasteiger charge is 2.56. The number of carbonyl (C=O) groups is 2. The van der Waals surface area contributed by atoms with Crippen molar-refractivity contribution < 1.29 is 37.9 Å². The number of amidine groups is 1. The van der Waals surface area contributed by atoms with Crippen LogP contribution in [0.15, 0.2) is 89.1 Å². The van der Waals surface area contributed by atoms with Gasteiger partial charge in [-0.1, -0.05) is 37.3 Å². The average molecular weight is 552 g/mol. The minimum atomic E-state index is -1.85. The Morgan fingerprint density at radius 3 is 2.25 bits per heavy atom. The van der Waals surface area contributed by atoms with Gasteiger partial charge in [0.25, 0.3) is 11.8 Å². The zero-order chi connectivity index (χ0) is 29.0. The normalized spacial score (nSPS) is 18.6. The van der Waals surface area contributed by atoms with Crippen molar-refractivity contribution in [2.45, 2.75) is 26.0 Å². The summed E-state index contributed by atoms with van der Waals surface area (Å²) >= 11 is 0. The number of nitro benzene ring substituents is 1. The van der Waals surface area contributed by atoms with Gasteiger partial charge in [0.15, 0.2) is 17.7 Å². The molecule has 0 radical (unpaired) electrons. The lowest BCUT2D eigenvalue weighted by Gasteiger charge is -2.44. The maximum atomic E-state index is 14.6. The number of hydrogen-bond donors (Lipinski definition) is 0. The van der Waals surface area contributed by atoms with Gasteiger partial charge >= 0.3 is 12.0 Å². The molecule has 1 amide bonds. The monoisotopic (exact) mass is 551 g/mol. The first-order valence-electron chi connectivity index (χ1n) is 12.0. The lowest BCUT2D eigenvalue weighted by Crippen LogP contribution is -2.67. The minimum Gasteiger partial charge on any atom is -0.497 e. The summed E-state index contributed by atoms with van der Waals surface area (Å²) in [5.41, 5.74) is -0.168. The summed E-state index contributed by atoms with van der Waals surface area (Å²) in [5.74, 6) is -3.45. The highest BCUT2D eigenvalue weighted by atomic mass is 19.2. The number of methoxy groups -OCH3 is 1.